The number of para-hydroxylation sites is 1. The Bertz CT molecular complexity index is 780. The Kier molecular flexibility index (Phi) is 7.55. The molecule has 0 fully saturated rings. The molecule has 2 aromatic rings. The summed E-state index contributed by atoms with van der Waals surface area (Å²) in [7, 11) is 7.24. The SMILES string of the molecule is CN=C(NCc1cc(F)ccc1F)NCC(c1ccccc1OC)N(C)C. The number of ether oxygens (including phenoxy) is 1. The minimum atomic E-state index is -0.472. The van der Waals surface area contributed by atoms with Crippen molar-refractivity contribution >= 4 is 5.96 Å². The fourth-order valence-corrected chi connectivity index (χ4v) is 2.78. The maximum absolute atomic E-state index is 13.8. The lowest BCUT2D eigenvalue weighted by Gasteiger charge is -2.27. The number of rotatable bonds is 7. The summed E-state index contributed by atoms with van der Waals surface area (Å²) >= 11 is 0. The van der Waals surface area contributed by atoms with Gasteiger partial charge in [-0.1, -0.05) is 18.2 Å². The van der Waals surface area contributed by atoms with Crippen LogP contribution in [0.2, 0.25) is 0 Å². The number of methoxy groups -OCH3 is 1. The molecule has 0 spiro atoms. The lowest BCUT2D eigenvalue weighted by molar-refractivity contribution is 0.287. The van der Waals surface area contributed by atoms with Crippen LogP contribution in [0.5, 0.6) is 5.75 Å². The maximum atomic E-state index is 13.8. The second-order valence-electron chi connectivity index (χ2n) is 6.26. The smallest absolute Gasteiger partial charge is 0.191 e. The van der Waals surface area contributed by atoms with Crippen LogP contribution in [-0.2, 0) is 6.54 Å². The van der Waals surface area contributed by atoms with Gasteiger partial charge in [-0.3, -0.25) is 4.99 Å². The van der Waals surface area contributed by atoms with Crippen LogP contribution < -0.4 is 15.4 Å². The number of likely N-dealkylation sites (N-methyl/N-ethyl adjacent to an activating group) is 1. The van der Waals surface area contributed by atoms with E-state index in [9.17, 15) is 8.78 Å². The summed E-state index contributed by atoms with van der Waals surface area (Å²) in [5.74, 6) is 0.378. The number of hydrogen-bond acceptors (Lipinski definition) is 3. The van der Waals surface area contributed by atoms with Crippen molar-refractivity contribution in [3.05, 3.63) is 65.2 Å². The van der Waals surface area contributed by atoms with Gasteiger partial charge >= 0.3 is 0 Å². The number of aliphatic imine (C=N–C) groups is 1. The average molecular weight is 376 g/mol. The minimum absolute atomic E-state index is 0.0330. The predicted octanol–water partition coefficient (Wildman–Crippen LogP) is 2.94. The summed E-state index contributed by atoms with van der Waals surface area (Å²) in [6.07, 6.45) is 0. The Morgan fingerprint density at radius 3 is 2.56 bits per heavy atom. The Morgan fingerprint density at radius 1 is 1.15 bits per heavy atom. The highest BCUT2D eigenvalue weighted by Gasteiger charge is 2.18. The second kappa shape index (κ2) is 9.87. The van der Waals surface area contributed by atoms with E-state index in [-0.39, 0.29) is 18.2 Å². The summed E-state index contributed by atoms with van der Waals surface area (Å²) < 4.78 is 32.5. The number of nitrogens with one attached hydrogen (secondary N) is 2. The number of halogens is 2. The van der Waals surface area contributed by atoms with E-state index in [0.29, 0.717) is 12.5 Å². The van der Waals surface area contributed by atoms with Crippen molar-refractivity contribution in [1.29, 1.82) is 0 Å². The van der Waals surface area contributed by atoms with Gasteiger partial charge in [0.25, 0.3) is 0 Å². The van der Waals surface area contributed by atoms with Crippen LogP contribution in [0.1, 0.15) is 17.2 Å². The number of nitrogens with zero attached hydrogens (tertiary/aromatic N) is 2. The third-order valence-electron chi connectivity index (χ3n) is 4.26. The molecule has 2 N–H and O–H groups in total. The molecule has 0 saturated carbocycles. The lowest BCUT2D eigenvalue weighted by atomic mass is 10.0. The highest BCUT2D eigenvalue weighted by molar-refractivity contribution is 5.79. The van der Waals surface area contributed by atoms with E-state index in [1.807, 2.05) is 38.4 Å². The molecule has 0 heterocycles. The standard InChI is InChI=1S/C20H26F2N4O/c1-23-20(24-12-14-11-15(21)9-10-17(14)22)25-13-18(26(2)3)16-7-5-6-8-19(16)27-4/h5-11,18H,12-13H2,1-4H3,(H2,23,24,25). The van der Waals surface area contributed by atoms with Crippen molar-refractivity contribution in [2.75, 3.05) is 34.8 Å². The second-order valence-corrected chi connectivity index (χ2v) is 6.26. The zero-order valence-electron chi connectivity index (χ0n) is 16.1. The molecule has 0 aliphatic heterocycles. The largest absolute Gasteiger partial charge is 0.496 e. The molecule has 0 saturated heterocycles. The van der Waals surface area contributed by atoms with Crippen molar-refractivity contribution in [3.63, 3.8) is 0 Å². The topological polar surface area (TPSA) is 48.9 Å². The monoisotopic (exact) mass is 376 g/mol. The van der Waals surface area contributed by atoms with E-state index in [1.165, 1.54) is 6.07 Å². The van der Waals surface area contributed by atoms with Gasteiger partial charge in [-0.05, 0) is 38.4 Å². The normalized spacial score (nSPS) is 12.8. The number of guanidine groups is 1. The van der Waals surface area contributed by atoms with E-state index in [1.54, 1.807) is 14.2 Å². The summed E-state index contributed by atoms with van der Waals surface area (Å²) in [4.78, 5) is 6.22. The Labute approximate surface area is 159 Å². The van der Waals surface area contributed by atoms with Crippen molar-refractivity contribution in [1.82, 2.24) is 15.5 Å². The minimum Gasteiger partial charge on any atom is -0.496 e. The molecule has 27 heavy (non-hydrogen) atoms. The Hall–Kier alpha value is -2.67. The van der Waals surface area contributed by atoms with Crippen LogP contribution in [0, 0.1) is 11.6 Å². The Morgan fingerprint density at radius 2 is 1.89 bits per heavy atom. The molecule has 2 rings (SSSR count). The van der Waals surface area contributed by atoms with Gasteiger partial charge in [0.15, 0.2) is 5.96 Å². The summed E-state index contributed by atoms with van der Waals surface area (Å²) in [5, 5.41) is 6.24. The predicted molar refractivity (Wildman–Crippen MR) is 104 cm³/mol. The van der Waals surface area contributed by atoms with Crippen molar-refractivity contribution in [2.24, 2.45) is 4.99 Å². The molecule has 0 aliphatic carbocycles. The fourth-order valence-electron chi connectivity index (χ4n) is 2.78. The van der Waals surface area contributed by atoms with E-state index in [2.05, 4.69) is 20.5 Å². The molecule has 0 aromatic heterocycles. The third-order valence-corrected chi connectivity index (χ3v) is 4.26. The quantitative estimate of drug-likeness (QED) is 0.576. The number of benzene rings is 2. The highest BCUT2D eigenvalue weighted by atomic mass is 19.1. The first kappa shape index (κ1) is 20.6. The molecular weight excluding hydrogens is 350 g/mol. The van der Waals surface area contributed by atoms with E-state index >= 15 is 0 Å². The van der Waals surface area contributed by atoms with Gasteiger partial charge in [-0.25, -0.2) is 8.78 Å². The van der Waals surface area contributed by atoms with Crippen LogP contribution in [0.3, 0.4) is 0 Å². The molecule has 0 bridgehead atoms. The molecule has 0 amide bonds. The van der Waals surface area contributed by atoms with Crippen LogP contribution in [-0.4, -0.2) is 45.7 Å². The van der Waals surface area contributed by atoms with Gasteiger partial charge in [-0.15, -0.1) is 0 Å². The first-order valence-electron chi connectivity index (χ1n) is 8.64. The molecule has 0 aliphatic rings. The molecule has 7 heteroatoms. The van der Waals surface area contributed by atoms with Gasteiger partial charge in [0, 0.05) is 31.3 Å². The van der Waals surface area contributed by atoms with Gasteiger partial charge in [0.1, 0.15) is 17.4 Å². The van der Waals surface area contributed by atoms with Gasteiger partial charge < -0.3 is 20.3 Å². The first-order valence-corrected chi connectivity index (χ1v) is 8.64. The number of hydrogen-bond donors (Lipinski definition) is 2. The van der Waals surface area contributed by atoms with Crippen LogP contribution in [0.25, 0.3) is 0 Å². The molecule has 1 unspecified atom stereocenters. The van der Waals surface area contributed by atoms with Gasteiger partial charge in [-0.2, -0.15) is 0 Å². The van der Waals surface area contributed by atoms with E-state index in [0.717, 1.165) is 23.4 Å². The van der Waals surface area contributed by atoms with E-state index in [4.69, 9.17) is 4.74 Å². The average Bonchev–Trinajstić information content (AvgIpc) is 2.66. The van der Waals surface area contributed by atoms with Crippen molar-refractivity contribution < 1.29 is 13.5 Å². The van der Waals surface area contributed by atoms with Crippen LogP contribution in [0.15, 0.2) is 47.5 Å². The summed E-state index contributed by atoms with van der Waals surface area (Å²) in [5.41, 5.74) is 1.29. The molecule has 5 nitrogen and oxygen atoms in total. The molecular formula is C20H26F2N4O. The fraction of sp³-hybridized carbons (Fsp3) is 0.350. The molecule has 0 radical (unpaired) electrons. The molecule has 146 valence electrons. The zero-order chi connectivity index (χ0) is 19.8. The highest BCUT2D eigenvalue weighted by Crippen LogP contribution is 2.27. The van der Waals surface area contributed by atoms with Crippen LogP contribution in [0.4, 0.5) is 8.78 Å². The third kappa shape index (κ3) is 5.65. The maximum Gasteiger partial charge on any atom is 0.191 e. The first-order chi connectivity index (χ1) is 13.0. The zero-order valence-corrected chi connectivity index (χ0v) is 16.1. The van der Waals surface area contributed by atoms with Gasteiger partial charge in [0.05, 0.1) is 13.2 Å². The lowest BCUT2D eigenvalue weighted by Crippen LogP contribution is -2.41. The summed E-state index contributed by atoms with van der Waals surface area (Å²) in [6, 6.07) is 11.3. The van der Waals surface area contributed by atoms with Gasteiger partial charge in [0.2, 0.25) is 0 Å². The molecule has 1 atom stereocenters. The van der Waals surface area contributed by atoms with E-state index < -0.39 is 11.6 Å². The summed E-state index contributed by atoms with van der Waals surface area (Å²) in [6.45, 7) is 0.684. The van der Waals surface area contributed by atoms with Crippen molar-refractivity contribution in [3.8, 4) is 5.75 Å². The Balaban J connectivity index is 2.03. The van der Waals surface area contributed by atoms with Crippen molar-refractivity contribution in [2.45, 2.75) is 12.6 Å². The molecule has 2 aromatic carbocycles. The van der Waals surface area contributed by atoms with Crippen LogP contribution >= 0.6 is 0 Å².